The molecule has 1 fully saturated rings. The van der Waals surface area contributed by atoms with Crippen molar-refractivity contribution in [1.82, 2.24) is 29.4 Å². The lowest BCUT2D eigenvalue weighted by Gasteiger charge is -2.16. The molecule has 1 aliphatic heterocycles. The number of imidazole rings is 1. The van der Waals surface area contributed by atoms with Crippen LogP contribution < -0.4 is 5.32 Å². The Hall–Kier alpha value is -2.35. The van der Waals surface area contributed by atoms with E-state index in [0.717, 1.165) is 36.6 Å². The van der Waals surface area contributed by atoms with Crippen molar-refractivity contribution < 1.29 is 4.79 Å². The molecular formula is C16H20N6OS. The lowest BCUT2D eigenvalue weighted by atomic mass is 10.0. The largest absolute Gasteiger partial charge is 0.332 e. The number of likely N-dealkylation sites (tertiary alicyclic amines) is 1. The summed E-state index contributed by atoms with van der Waals surface area (Å²) in [5.74, 6) is 0.512. The molecule has 1 N–H and O–H groups in total. The fraction of sp³-hybridized carbons (Fsp3) is 0.438. The van der Waals surface area contributed by atoms with E-state index in [1.807, 2.05) is 51.2 Å². The van der Waals surface area contributed by atoms with Crippen molar-refractivity contribution in [3.05, 3.63) is 41.4 Å². The monoisotopic (exact) mass is 344 g/mol. The number of nitrogens with zero attached hydrogens (tertiary/aromatic N) is 5. The zero-order valence-electron chi connectivity index (χ0n) is 13.6. The molecule has 24 heavy (non-hydrogen) atoms. The van der Waals surface area contributed by atoms with Crippen LogP contribution in [-0.4, -0.2) is 43.2 Å². The number of nitrogens with one attached hydrogen (secondary N) is 1. The molecule has 0 spiro atoms. The first kappa shape index (κ1) is 15.2. The molecule has 0 unspecified atom stereocenters. The van der Waals surface area contributed by atoms with Gasteiger partial charge in [0.1, 0.15) is 0 Å². The minimum Gasteiger partial charge on any atom is -0.332 e. The highest BCUT2D eigenvalue weighted by atomic mass is 32.1. The van der Waals surface area contributed by atoms with Crippen molar-refractivity contribution in [3.63, 3.8) is 0 Å². The average molecular weight is 344 g/mol. The van der Waals surface area contributed by atoms with Crippen LogP contribution in [0.15, 0.2) is 30.2 Å². The van der Waals surface area contributed by atoms with Gasteiger partial charge in [-0.3, -0.25) is 9.08 Å². The van der Waals surface area contributed by atoms with Gasteiger partial charge in [-0.2, -0.15) is 5.10 Å². The number of aromatic nitrogens is 4. The Labute approximate surface area is 143 Å². The van der Waals surface area contributed by atoms with Crippen molar-refractivity contribution in [2.45, 2.75) is 19.4 Å². The summed E-state index contributed by atoms with van der Waals surface area (Å²) in [6.07, 6.45) is 9.92. The predicted octanol–water partition coefficient (Wildman–Crippen LogP) is 1.90. The van der Waals surface area contributed by atoms with Gasteiger partial charge in [-0.25, -0.2) is 9.78 Å². The third-order valence-electron chi connectivity index (χ3n) is 4.42. The zero-order valence-corrected chi connectivity index (χ0v) is 14.4. The number of urea groups is 1. The van der Waals surface area contributed by atoms with Crippen LogP contribution in [0.1, 0.15) is 17.7 Å². The molecule has 0 saturated carbocycles. The third-order valence-corrected chi connectivity index (χ3v) is 5.19. The molecule has 3 aromatic rings. The number of fused-ring (bicyclic) bond motifs is 1. The number of aryl methyl sites for hydroxylation is 1. The van der Waals surface area contributed by atoms with Crippen LogP contribution in [0.4, 0.5) is 4.79 Å². The van der Waals surface area contributed by atoms with E-state index in [4.69, 9.17) is 0 Å². The number of carbonyl (C=O) groups excluding carboxylic acids is 1. The minimum absolute atomic E-state index is 0.0000382. The normalized spacial score (nSPS) is 17.7. The first-order valence-electron chi connectivity index (χ1n) is 8.09. The smallest absolute Gasteiger partial charge is 0.317 e. The van der Waals surface area contributed by atoms with E-state index in [9.17, 15) is 4.79 Å². The van der Waals surface area contributed by atoms with E-state index in [0.29, 0.717) is 12.5 Å². The summed E-state index contributed by atoms with van der Waals surface area (Å²) >= 11 is 1.59. The van der Waals surface area contributed by atoms with Gasteiger partial charge in [-0.05, 0) is 24.3 Å². The van der Waals surface area contributed by atoms with Crippen LogP contribution in [0.2, 0.25) is 0 Å². The number of hydrogen-bond donors (Lipinski definition) is 1. The summed E-state index contributed by atoms with van der Waals surface area (Å²) < 4.78 is 3.80. The molecule has 1 aliphatic rings. The van der Waals surface area contributed by atoms with Crippen LogP contribution in [-0.2, 0) is 20.0 Å². The fourth-order valence-corrected chi connectivity index (χ4v) is 3.95. The van der Waals surface area contributed by atoms with Crippen molar-refractivity contribution in [3.8, 4) is 0 Å². The summed E-state index contributed by atoms with van der Waals surface area (Å²) in [7, 11) is 1.93. The second-order valence-corrected chi connectivity index (χ2v) is 7.18. The number of carbonyl (C=O) groups is 1. The molecule has 126 valence electrons. The fourth-order valence-electron chi connectivity index (χ4n) is 3.23. The molecule has 1 saturated heterocycles. The van der Waals surface area contributed by atoms with Gasteiger partial charge >= 0.3 is 6.03 Å². The molecule has 2 amide bonds. The maximum atomic E-state index is 12.3. The first-order valence-corrected chi connectivity index (χ1v) is 8.97. The Balaban J connectivity index is 1.28. The van der Waals surface area contributed by atoms with Crippen LogP contribution >= 0.6 is 11.3 Å². The Bertz CT molecular complexity index is 821. The Morgan fingerprint density at radius 3 is 3.17 bits per heavy atom. The highest BCUT2D eigenvalue weighted by Crippen LogP contribution is 2.20. The standard InChI is InChI=1S/C16H20N6OS/c1-20-9-13(7-18-20)6-12-2-3-21(10-12)15(23)17-8-14-11-22-4-5-24-16(22)19-14/h4-5,7,9,11-12H,2-3,6,8,10H2,1H3,(H,17,23)/t12-/m1/s1. The average Bonchev–Trinajstić information content (AvgIpc) is 3.29. The number of rotatable bonds is 4. The van der Waals surface area contributed by atoms with Gasteiger partial charge in [-0.1, -0.05) is 0 Å². The molecule has 0 radical (unpaired) electrons. The van der Waals surface area contributed by atoms with Crippen molar-refractivity contribution in [1.29, 1.82) is 0 Å². The van der Waals surface area contributed by atoms with Gasteiger partial charge < -0.3 is 10.2 Å². The van der Waals surface area contributed by atoms with Gasteiger partial charge in [0.05, 0.1) is 18.4 Å². The van der Waals surface area contributed by atoms with E-state index in [1.165, 1.54) is 5.56 Å². The summed E-state index contributed by atoms with van der Waals surface area (Å²) in [4.78, 5) is 19.7. The molecular weight excluding hydrogens is 324 g/mol. The number of thiazole rings is 1. The molecule has 4 heterocycles. The Morgan fingerprint density at radius 1 is 1.46 bits per heavy atom. The SMILES string of the molecule is Cn1cc(C[C@H]2CCN(C(=O)NCc3cn4ccsc4n3)C2)cn1. The molecule has 3 aromatic heterocycles. The highest BCUT2D eigenvalue weighted by Gasteiger charge is 2.26. The molecule has 0 bridgehead atoms. The third kappa shape index (κ3) is 3.14. The highest BCUT2D eigenvalue weighted by molar-refractivity contribution is 7.15. The molecule has 1 atom stereocenters. The van der Waals surface area contributed by atoms with Crippen molar-refractivity contribution in [2.75, 3.05) is 13.1 Å². The first-order chi connectivity index (χ1) is 11.7. The lowest BCUT2D eigenvalue weighted by Crippen LogP contribution is -2.38. The Kier molecular flexibility index (Phi) is 3.97. The van der Waals surface area contributed by atoms with E-state index < -0.39 is 0 Å². The number of hydrogen-bond acceptors (Lipinski definition) is 4. The topological polar surface area (TPSA) is 67.5 Å². The van der Waals surface area contributed by atoms with Crippen LogP contribution in [0.25, 0.3) is 4.96 Å². The quantitative estimate of drug-likeness (QED) is 0.786. The molecule has 8 heteroatoms. The minimum atomic E-state index is 0.0000382. The van der Waals surface area contributed by atoms with Gasteiger partial charge in [0.15, 0.2) is 4.96 Å². The number of amides is 2. The van der Waals surface area contributed by atoms with Gasteiger partial charge in [-0.15, -0.1) is 11.3 Å². The van der Waals surface area contributed by atoms with E-state index in [1.54, 1.807) is 11.3 Å². The van der Waals surface area contributed by atoms with E-state index in [-0.39, 0.29) is 6.03 Å². The zero-order chi connectivity index (χ0) is 16.5. The Morgan fingerprint density at radius 2 is 2.38 bits per heavy atom. The predicted molar refractivity (Wildman–Crippen MR) is 91.9 cm³/mol. The lowest BCUT2D eigenvalue weighted by molar-refractivity contribution is 0.206. The van der Waals surface area contributed by atoms with Crippen LogP contribution in [0, 0.1) is 5.92 Å². The second kappa shape index (κ2) is 6.27. The summed E-state index contributed by atoms with van der Waals surface area (Å²) in [6.45, 7) is 2.09. The van der Waals surface area contributed by atoms with E-state index in [2.05, 4.69) is 15.4 Å². The van der Waals surface area contributed by atoms with Crippen molar-refractivity contribution in [2.24, 2.45) is 13.0 Å². The molecule has 0 aliphatic carbocycles. The van der Waals surface area contributed by atoms with E-state index >= 15 is 0 Å². The second-order valence-electron chi connectivity index (χ2n) is 6.31. The molecule has 7 nitrogen and oxygen atoms in total. The van der Waals surface area contributed by atoms with Crippen LogP contribution in [0.3, 0.4) is 0 Å². The van der Waals surface area contributed by atoms with Gasteiger partial charge in [0, 0.05) is 44.1 Å². The molecule has 4 rings (SSSR count). The van der Waals surface area contributed by atoms with Crippen molar-refractivity contribution >= 4 is 22.3 Å². The van der Waals surface area contributed by atoms with Gasteiger partial charge in [0.25, 0.3) is 0 Å². The maximum Gasteiger partial charge on any atom is 0.317 e. The van der Waals surface area contributed by atoms with Gasteiger partial charge in [0.2, 0.25) is 0 Å². The summed E-state index contributed by atoms with van der Waals surface area (Å²) in [5.41, 5.74) is 2.13. The molecule has 0 aromatic carbocycles. The van der Waals surface area contributed by atoms with Crippen LogP contribution in [0.5, 0.6) is 0 Å². The summed E-state index contributed by atoms with van der Waals surface area (Å²) in [6, 6.07) is 0.0000382. The summed E-state index contributed by atoms with van der Waals surface area (Å²) in [5, 5.41) is 9.18. The maximum absolute atomic E-state index is 12.3.